The Morgan fingerprint density at radius 1 is 1.14 bits per heavy atom. The third-order valence-electron chi connectivity index (χ3n) is 3.77. The Labute approximate surface area is 136 Å². The van der Waals surface area contributed by atoms with E-state index >= 15 is 0 Å². The highest BCUT2D eigenvalue weighted by Gasteiger charge is 2.20. The highest BCUT2D eigenvalue weighted by Crippen LogP contribution is 2.32. The van der Waals surface area contributed by atoms with Gasteiger partial charge in [-0.3, -0.25) is 4.98 Å². The van der Waals surface area contributed by atoms with Gasteiger partial charge in [0, 0.05) is 28.8 Å². The van der Waals surface area contributed by atoms with E-state index < -0.39 is 0 Å². The number of halogens is 1. The number of nitrogens with one attached hydrogen (secondary N) is 1. The zero-order valence-corrected chi connectivity index (χ0v) is 14.5. The Balaban J connectivity index is 2.33. The largest absolute Gasteiger partial charge is 0.309 e. The average molecular weight is 347 g/mol. The molecule has 1 aromatic heterocycles. The van der Waals surface area contributed by atoms with Crippen LogP contribution >= 0.6 is 15.9 Å². The second kappa shape index (κ2) is 7.71. The fraction of sp³-hybridized carbons (Fsp3) is 0.389. The summed E-state index contributed by atoms with van der Waals surface area (Å²) in [6.07, 6.45) is 4.87. The van der Waals surface area contributed by atoms with E-state index in [4.69, 9.17) is 0 Å². The van der Waals surface area contributed by atoms with Gasteiger partial charge in [0.1, 0.15) is 0 Å². The molecule has 0 aliphatic heterocycles. The van der Waals surface area contributed by atoms with E-state index in [0.29, 0.717) is 12.0 Å². The SMILES string of the molecule is CCCNC(c1cc(C)cc(Br)c1)C(C)c1ccncc1. The van der Waals surface area contributed by atoms with Crippen molar-refractivity contribution in [3.8, 4) is 0 Å². The first-order chi connectivity index (χ1) is 10.1. The summed E-state index contributed by atoms with van der Waals surface area (Å²) in [5.74, 6) is 0.397. The minimum atomic E-state index is 0.309. The fourth-order valence-electron chi connectivity index (χ4n) is 2.69. The predicted octanol–water partition coefficient (Wildman–Crippen LogP) is 5.00. The number of benzene rings is 1. The second-order valence-electron chi connectivity index (χ2n) is 5.56. The van der Waals surface area contributed by atoms with E-state index in [2.05, 4.69) is 77.3 Å². The summed E-state index contributed by atoms with van der Waals surface area (Å²) in [5, 5.41) is 3.70. The lowest BCUT2D eigenvalue weighted by Crippen LogP contribution is -2.26. The summed E-state index contributed by atoms with van der Waals surface area (Å²) in [5.41, 5.74) is 3.93. The van der Waals surface area contributed by atoms with Gasteiger partial charge in [-0.1, -0.05) is 35.8 Å². The van der Waals surface area contributed by atoms with E-state index in [1.807, 2.05) is 12.4 Å². The number of hydrogen-bond acceptors (Lipinski definition) is 2. The number of hydrogen-bond donors (Lipinski definition) is 1. The first kappa shape index (κ1) is 16.2. The Bertz CT molecular complexity index is 548. The third kappa shape index (κ3) is 4.39. The molecule has 2 aromatic rings. The molecule has 0 saturated carbocycles. The van der Waals surface area contributed by atoms with E-state index in [9.17, 15) is 0 Å². The molecular formula is C18H23BrN2. The van der Waals surface area contributed by atoms with Gasteiger partial charge in [0.05, 0.1) is 0 Å². The van der Waals surface area contributed by atoms with Crippen molar-refractivity contribution in [1.29, 1.82) is 0 Å². The van der Waals surface area contributed by atoms with Crippen molar-refractivity contribution in [3.63, 3.8) is 0 Å². The average Bonchev–Trinajstić information content (AvgIpc) is 2.47. The van der Waals surface area contributed by atoms with Crippen LogP contribution in [0.1, 0.15) is 48.9 Å². The van der Waals surface area contributed by atoms with E-state index in [1.54, 1.807) is 0 Å². The highest BCUT2D eigenvalue weighted by molar-refractivity contribution is 9.10. The maximum Gasteiger partial charge on any atom is 0.0387 e. The lowest BCUT2D eigenvalue weighted by atomic mass is 9.88. The monoisotopic (exact) mass is 346 g/mol. The molecule has 0 saturated heterocycles. The molecule has 0 spiro atoms. The van der Waals surface area contributed by atoms with Crippen molar-refractivity contribution in [2.24, 2.45) is 0 Å². The molecular weight excluding hydrogens is 324 g/mol. The van der Waals surface area contributed by atoms with Gasteiger partial charge >= 0.3 is 0 Å². The lowest BCUT2D eigenvalue weighted by Gasteiger charge is -2.26. The summed E-state index contributed by atoms with van der Waals surface area (Å²) in [6.45, 7) is 7.64. The van der Waals surface area contributed by atoms with Crippen LogP contribution in [-0.4, -0.2) is 11.5 Å². The van der Waals surface area contributed by atoms with Crippen molar-refractivity contribution in [2.45, 2.75) is 39.2 Å². The fourth-order valence-corrected chi connectivity index (χ4v) is 3.31. The van der Waals surface area contributed by atoms with Gasteiger partial charge in [-0.25, -0.2) is 0 Å². The van der Waals surface area contributed by atoms with E-state index in [0.717, 1.165) is 17.4 Å². The Morgan fingerprint density at radius 3 is 2.48 bits per heavy atom. The molecule has 0 amide bonds. The number of aromatic nitrogens is 1. The molecule has 2 nitrogen and oxygen atoms in total. The molecule has 1 N–H and O–H groups in total. The van der Waals surface area contributed by atoms with Crippen LogP contribution in [0.3, 0.4) is 0 Å². The summed E-state index contributed by atoms with van der Waals surface area (Å²) in [4.78, 5) is 4.12. The molecule has 0 aliphatic rings. The molecule has 0 fully saturated rings. The number of pyridine rings is 1. The Kier molecular flexibility index (Phi) is 5.95. The van der Waals surface area contributed by atoms with Gasteiger partial charge in [-0.15, -0.1) is 0 Å². The number of nitrogens with zero attached hydrogens (tertiary/aromatic N) is 1. The van der Waals surface area contributed by atoms with E-state index in [1.165, 1.54) is 16.7 Å². The molecule has 0 aliphatic carbocycles. The van der Waals surface area contributed by atoms with Crippen molar-refractivity contribution >= 4 is 15.9 Å². The molecule has 1 heterocycles. The zero-order valence-electron chi connectivity index (χ0n) is 12.9. The summed E-state index contributed by atoms with van der Waals surface area (Å²) < 4.78 is 1.14. The van der Waals surface area contributed by atoms with Crippen molar-refractivity contribution in [2.75, 3.05) is 6.54 Å². The highest BCUT2D eigenvalue weighted by atomic mass is 79.9. The molecule has 0 radical (unpaired) electrons. The lowest BCUT2D eigenvalue weighted by molar-refractivity contribution is 0.466. The summed E-state index contributed by atoms with van der Waals surface area (Å²) in [6, 6.07) is 11.2. The normalized spacial score (nSPS) is 13.9. The van der Waals surface area contributed by atoms with Crippen LogP contribution in [0.15, 0.2) is 47.2 Å². The van der Waals surface area contributed by atoms with Crippen LogP contribution in [0.25, 0.3) is 0 Å². The second-order valence-corrected chi connectivity index (χ2v) is 6.48. The topological polar surface area (TPSA) is 24.9 Å². The molecule has 0 bridgehead atoms. The molecule has 112 valence electrons. The minimum Gasteiger partial charge on any atom is -0.309 e. The zero-order chi connectivity index (χ0) is 15.2. The Hall–Kier alpha value is -1.19. The number of rotatable bonds is 6. The Morgan fingerprint density at radius 2 is 1.86 bits per heavy atom. The smallest absolute Gasteiger partial charge is 0.0387 e. The van der Waals surface area contributed by atoms with Crippen LogP contribution in [0.4, 0.5) is 0 Å². The number of aryl methyl sites for hydroxylation is 1. The van der Waals surface area contributed by atoms with Crippen LogP contribution < -0.4 is 5.32 Å². The first-order valence-corrected chi connectivity index (χ1v) is 8.31. The maximum atomic E-state index is 4.12. The molecule has 3 heteroatoms. The molecule has 2 rings (SSSR count). The summed E-state index contributed by atoms with van der Waals surface area (Å²) in [7, 11) is 0. The standard InChI is InChI=1S/C18H23BrN2/c1-4-7-21-18(14(3)15-5-8-20-9-6-15)16-10-13(2)11-17(19)12-16/h5-6,8-12,14,18,21H,4,7H2,1-3H3. The predicted molar refractivity (Wildman–Crippen MR) is 92.6 cm³/mol. The van der Waals surface area contributed by atoms with Crippen molar-refractivity contribution in [1.82, 2.24) is 10.3 Å². The molecule has 2 atom stereocenters. The van der Waals surface area contributed by atoms with Crippen LogP contribution in [0, 0.1) is 6.92 Å². The van der Waals surface area contributed by atoms with Gasteiger partial charge in [-0.2, -0.15) is 0 Å². The van der Waals surface area contributed by atoms with E-state index in [-0.39, 0.29) is 0 Å². The van der Waals surface area contributed by atoms with Gasteiger partial charge in [0.2, 0.25) is 0 Å². The van der Waals surface area contributed by atoms with Crippen LogP contribution in [-0.2, 0) is 0 Å². The maximum absolute atomic E-state index is 4.12. The van der Waals surface area contributed by atoms with Gasteiger partial charge in [0.25, 0.3) is 0 Å². The van der Waals surface area contributed by atoms with Crippen LogP contribution in [0.5, 0.6) is 0 Å². The van der Waals surface area contributed by atoms with Gasteiger partial charge in [-0.05, 0) is 60.8 Å². The van der Waals surface area contributed by atoms with Crippen molar-refractivity contribution < 1.29 is 0 Å². The quantitative estimate of drug-likeness (QED) is 0.796. The summed E-state index contributed by atoms with van der Waals surface area (Å²) >= 11 is 3.62. The van der Waals surface area contributed by atoms with Crippen molar-refractivity contribution in [3.05, 3.63) is 63.9 Å². The molecule has 2 unspecified atom stereocenters. The van der Waals surface area contributed by atoms with Gasteiger partial charge in [0.15, 0.2) is 0 Å². The van der Waals surface area contributed by atoms with Crippen LogP contribution in [0.2, 0.25) is 0 Å². The first-order valence-electron chi connectivity index (χ1n) is 7.52. The minimum absolute atomic E-state index is 0.309. The molecule has 1 aromatic carbocycles. The molecule has 21 heavy (non-hydrogen) atoms. The van der Waals surface area contributed by atoms with Gasteiger partial charge < -0.3 is 5.32 Å². The third-order valence-corrected chi connectivity index (χ3v) is 4.23.